The van der Waals surface area contributed by atoms with Crippen LogP contribution in [0, 0.1) is 30.9 Å². The Hall–Kier alpha value is -2.04. The van der Waals surface area contributed by atoms with Crippen LogP contribution in [-0.4, -0.2) is 23.6 Å². The molecule has 0 unspecified atom stereocenters. The standard InChI is InChI=1S/C14H17BN2O2/c1-10-7-11(2)14(12(3)8-10)15-6-5-13(17(18)19)9-16(15)4/h5-9H,1-4H3. The number of hydrogen-bond acceptors (Lipinski definition) is 3. The van der Waals surface area contributed by atoms with Crippen molar-refractivity contribution in [3.63, 3.8) is 0 Å². The van der Waals surface area contributed by atoms with E-state index in [1.807, 2.05) is 17.8 Å². The van der Waals surface area contributed by atoms with Crippen molar-refractivity contribution in [1.29, 1.82) is 0 Å². The average molecular weight is 256 g/mol. The molecular formula is C14H17BN2O2. The average Bonchev–Trinajstić information content (AvgIpc) is 2.29. The van der Waals surface area contributed by atoms with Gasteiger partial charge in [-0.3, -0.25) is 10.1 Å². The van der Waals surface area contributed by atoms with E-state index < -0.39 is 0 Å². The Morgan fingerprint density at radius 1 is 1.21 bits per heavy atom. The molecule has 0 saturated heterocycles. The molecule has 0 spiro atoms. The van der Waals surface area contributed by atoms with Gasteiger partial charge in [0.05, 0.1) is 11.1 Å². The minimum atomic E-state index is -0.363. The van der Waals surface area contributed by atoms with Crippen LogP contribution in [0.5, 0.6) is 0 Å². The highest BCUT2D eigenvalue weighted by atomic mass is 16.6. The Kier molecular flexibility index (Phi) is 3.47. The van der Waals surface area contributed by atoms with E-state index in [4.69, 9.17) is 0 Å². The lowest BCUT2D eigenvalue weighted by Gasteiger charge is -2.26. The summed E-state index contributed by atoms with van der Waals surface area (Å²) in [6.45, 7) is 6.31. The van der Waals surface area contributed by atoms with Crippen molar-refractivity contribution < 1.29 is 4.92 Å². The highest BCUT2D eigenvalue weighted by molar-refractivity contribution is 6.76. The lowest BCUT2D eigenvalue weighted by Crippen LogP contribution is -2.46. The number of aryl methyl sites for hydroxylation is 3. The van der Waals surface area contributed by atoms with Crippen LogP contribution in [-0.2, 0) is 0 Å². The van der Waals surface area contributed by atoms with Gasteiger partial charge in [-0.05, 0) is 33.3 Å². The summed E-state index contributed by atoms with van der Waals surface area (Å²) < 4.78 is 0. The van der Waals surface area contributed by atoms with E-state index in [1.54, 1.807) is 12.3 Å². The van der Waals surface area contributed by atoms with Gasteiger partial charge in [0.15, 0.2) is 0 Å². The zero-order chi connectivity index (χ0) is 14.2. The predicted octanol–water partition coefficient (Wildman–Crippen LogP) is 1.97. The summed E-state index contributed by atoms with van der Waals surface area (Å²) in [5, 5.41) is 10.8. The first-order chi connectivity index (χ1) is 8.90. The Morgan fingerprint density at radius 2 is 1.79 bits per heavy atom. The van der Waals surface area contributed by atoms with Crippen molar-refractivity contribution in [1.82, 2.24) is 4.81 Å². The zero-order valence-corrected chi connectivity index (χ0v) is 11.7. The van der Waals surface area contributed by atoms with Gasteiger partial charge in [0.1, 0.15) is 0 Å². The highest BCUT2D eigenvalue weighted by Crippen LogP contribution is 2.14. The highest BCUT2D eigenvalue weighted by Gasteiger charge is 2.27. The summed E-state index contributed by atoms with van der Waals surface area (Å²) in [7, 11) is 1.87. The second kappa shape index (κ2) is 4.92. The van der Waals surface area contributed by atoms with Crippen LogP contribution in [0.15, 0.2) is 36.1 Å². The summed E-state index contributed by atoms with van der Waals surface area (Å²) in [6.07, 6.45) is 3.17. The molecule has 2 rings (SSSR count). The number of rotatable bonds is 2. The van der Waals surface area contributed by atoms with Gasteiger partial charge in [-0.25, -0.2) is 0 Å². The molecule has 0 N–H and O–H groups in total. The maximum Gasteiger partial charge on any atom is 0.316 e. The third-order valence-corrected chi connectivity index (χ3v) is 3.47. The molecule has 19 heavy (non-hydrogen) atoms. The minimum absolute atomic E-state index is 0.0595. The zero-order valence-electron chi connectivity index (χ0n) is 11.7. The van der Waals surface area contributed by atoms with Gasteiger partial charge in [0.25, 0.3) is 5.70 Å². The monoisotopic (exact) mass is 256 g/mol. The summed E-state index contributed by atoms with van der Waals surface area (Å²) in [5.74, 6) is 1.89. The molecule has 98 valence electrons. The van der Waals surface area contributed by atoms with Crippen molar-refractivity contribution in [2.24, 2.45) is 0 Å². The van der Waals surface area contributed by atoms with Crippen LogP contribution >= 0.6 is 0 Å². The molecule has 0 saturated carbocycles. The number of benzene rings is 1. The van der Waals surface area contributed by atoms with Crippen LogP contribution in [0.25, 0.3) is 0 Å². The van der Waals surface area contributed by atoms with E-state index in [0.29, 0.717) is 0 Å². The molecule has 1 aliphatic rings. The Bertz CT molecular complexity index is 570. The first-order valence-corrected chi connectivity index (χ1v) is 6.24. The van der Waals surface area contributed by atoms with E-state index in [2.05, 4.69) is 32.9 Å². The second-order valence-corrected chi connectivity index (χ2v) is 5.09. The maximum atomic E-state index is 10.8. The first-order valence-electron chi connectivity index (χ1n) is 6.24. The van der Waals surface area contributed by atoms with Gasteiger partial charge in [0.2, 0.25) is 0 Å². The van der Waals surface area contributed by atoms with E-state index in [1.165, 1.54) is 22.2 Å². The third kappa shape index (κ3) is 2.55. The molecule has 0 aliphatic carbocycles. The van der Waals surface area contributed by atoms with Gasteiger partial charge >= 0.3 is 6.85 Å². The van der Waals surface area contributed by atoms with E-state index in [-0.39, 0.29) is 17.5 Å². The van der Waals surface area contributed by atoms with Crippen molar-refractivity contribution in [3.8, 4) is 0 Å². The second-order valence-electron chi connectivity index (χ2n) is 5.09. The minimum Gasteiger partial charge on any atom is -0.410 e. The molecule has 1 heterocycles. The van der Waals surface area contributed by atoms with Crippen molar-refractivity contribution in [2.75, 3.05) is 7.05 Å². The number of nitrogens with zero attached hydrogens (tertiary/aromatic N) is 2. The molecule has 0 fully saturated rings. The van der Waals surface area contributed by atoms with E-state index in [9.17, 15) is 10.1 Å². The Morgan fingerprint density at radius 3 is 2.26 bits per heavy atom. The number of nitro groups is 1. The first kappa shape index (κ1) is 13.4. The van der Waals surface area contributed by atoms with Gasteiger partial charge in [-0.2, -0.15) is 0 Å². The predicted molar refractivity (Wildman–Crippen MR) is 78.0 cm³/mol. The lowest BCUT2D eigenvalue weighted by atomic mass is 9.51. The quantitative estimate of drug-likeness (QED) is 0.461. The smallest absolute Gasteiger partial charge is 0.316 e. The fourth-order valence-electron chi connectivity index (χ4n) is 2.72. The fraction of sp³-hybridized carbons (Fsp3) is 0.286. The molecule has 1 aromatic rings. The third-order valence-electron chi connectivity index (χ3n) is 3.47. The lowest BCUT2D eigenvalue weighted by molar-refractivity contribution is -0.419. The Labute approximate surface area is 113 Å². The summed E-state index contributed by atoms with van der Waals surface area (Å²) in [6, 6.07) is 4.30. The molecule has 0 radical (unpaired) electrons. The molecule has 5 heteroatoms. The fourth-order valence-corrected chi connectivity index (χ4v) is 2.72. The van der Waals surface area contributed by atoms with E-state index >= 15 is 0 Å². The normalized spacial score (nSPS) is 14.6. The maximum absolute atomic E-state index is 10.8. The van der Waals surface area contributed by atoms with E-state index in [0.717, 1.165) is 0 Å². The summed E-state index contributed by atoms with van der Waals surface area (Å²) in [5.41, 5.74) is 5.03. The number of hydrogen-bond donors (Lipinski definition) is 0. The summed E-state index contributed by atoms with van der Waals surface area (Å²) >= 11 is 0. The molecule has 0 atom stereocenters. The van der Waals surface area contributed by atoms with Crippen LogP contribution in [0.4, 0.5) is 0 Å². The molecule has 0 amide bonds. The largest absolute Gasteiger partial charge is 0.410 e. The van der Waals surface area contributed by atoms with Crippen molar-refractivity contribution >= 4 is 12.3 Å². The van der Waals surface area contributed by atoms with Gasteiger partial charge in [-0.1, -0.05) is 34.8 Å². The van der Waals surface area contributed by atoms with Crippen LogP contribution in [0.1, 0.15) is 16.7 Å². The van der Waals surface area contributed by atoms with Crippen LogP contribution < -0.4 is 5.46 Å². The molecule has 0 bridgehead atoms. The number of allylic oxidation sites excluding steroid dienone is 1. The van der Waals surface area contributed by atoms with Crippen LogP contribution in [0.2, 0.25) is 0 Å². The molecular weight excluding hydrogens is 239 g/mol. The molecule has 0 aromatic heterocycles. The Balaban J connectivity index is 2.41. The van der Waals surface area contributed by atoms with Gasteiger partial charge in [0, 0.05) is 6.08 Å². The SMILES string of the molecule is Cc1cc(C)c(B2C=CC([N+](=O)[O-])=CN2C)c(C)c1. The van der Waals surface area contributed by atoms with Crippen molar-refractivity contribution in [3.05, 3.63) is 62.9 Å². The summed E-state index contributed by atoms with van der Waals surface area (Å²) in [4.78, 5) is 12.3. The topological polar surface area (TPSA) is 46.4 Å². The van der Waals surface area contributed by atoms with Crippen LogP contribution in [0.3, 0.4) is 0 Å². The molecule has 4 nitrogen and oxygen atoms in total. The van der Waals surface area contributed by atoms with Gasteiger partial charge < -0.3 is 4.81 Å². The van der Waals surface area contributed by atoms with Gasteiger partial charge in [-0.15, -0.1) is 0 Å². The molecule has 1 aliphatic heterocycles. The van der Waals surface area contributed by atoms with Crippen molar-refractivity contribution in [2.45, 2.75) is 20.8 Å². The molecule has 1 aromatic carbocycles.